The van der Waals surface area contributed by atoms with Crippen LogP contribution in [0, 0.1) is 0 Å². The van der Waals surface area contributed by atoms with E-state index in [1.807, 2.05) is 0 Å². The van der Waals surface area contributed by atoms with Crippen molar-refractivity contribution in [3.8, 4) is 44.5 Å². The maximum absolute atomic E-state index is 6.65. The van der Waals surface area contributed by atoms with E-state index in [2.05, 4.69) is 217 Å². The first-order valence-electron chi connectivity index (χ1n) is 18.4. The lowest BCUT2D eigenvalue weighted by Crippen LogP contribution is -2.12. The predicted molar refractivity (Wildman–Crippen MR) is 228 cm³/mol. The lowest BCUT2D eigenvalue weighted by Gasteiger charge is -2.30. The summed E-state index contributed by atoms with van der Waals surface area (Å²) >= 11 is 0. The topological polar surface area (TPSA) is 16.4 Å². The standard InChI is InChI=1S/C52H35NO/c1-3-14-36(15-4-1)37-26-28-38(29-27-37)39-30-33-42(34-31-39)53(48-23-11-9-19-43(48)40-16-5-2-6-17-40)49-24-12-10-21-45(49)46-22-13-25-50-51(46)47-35-32-41-18-7-8-20-44(41)52(47)54-50/h1-35H. The maximum atomic E-state index is 6.65. The fraction of sp³-hybridized carbons (Fsp3) is 0. The van der Waals surface area contributed by atoms with Gasteiger partial charge in [0.1, 0.15) is 11.2 Å². The van der Waals surface area contributed by atoms with Gasteiger partial charge in [-0.15, -0.1) is 0 Å². The molecular weight excluding hydrogens is 655 g/mol. The van der Waals surface area contributed by atoms with Gasteiger partial charge in [-0.25, -0.2) is 0 Å². The van der Waals surface area contributed by atoms with Crippen LogP contribution in [0.25, 0.3) is 77.2 Å². The number of furan rings is 1. The number of nitrogens with zero attached hydrogens (tertiary/aromatic N) is 1. The van der Waals surface area contributed by atoms with Crippen molar-refractivity contribution in [1.82, 2.24) is 0 Å². The first-order chi connectivity index (χ1) is 26.8. The van der Waals surface area contributed by atoms with Crippen molar-refractivity contribution in [2.75, 3.05) is 4.90 Å². The highest BCUT2D eigenvalue weighted by atomic mass is 16.3. The van der Waals surface area contributed by atoms with Crippen LogP contribution in [0.4, 0.5) is 17.1 Å². The van der Waals surface area contributed by atoms with E-state index in [4.69, 9.17) is 4.42 Å². The van der Waals surface area contributed by atoms with Crippen LogP contribution in [0.15, 0.2) is 217 Å². The van der Waals surface area contributed by atoms with Crippen molar-refractivity contribution in [3.63, 3.8) is 0 Å². The molecule has 0 radical (unpaired) electrons. The van der Waals surface area contributed by atoms with Gasteiger partial charge in [0.15, 0.2) is 0 Å². The molecule has 0 saturated carbocycles. The summed E-state index contributed by atoms with van der Waals surface area (Å²) < 4.78 is 6.65. The second-order valence-electron chi connectivity index (χ2n) is 13.7. The van der Waals surface area contributed by atoms with Crippen molar-refractivity contribution in [1.29, 1.82) is 0 Å². The number of fused-ring (bicyclic) bond motifs is 5. The molecule has 0 spiro atoms. The lowest BCUT2D eigenvalue weighted by molar-refractivity contribution is 0.673. The van der Waals surface area contributed by atoms with Gasteiger partial charge in [-0.05, 0) is 75.2 Å². The normalized spacial score (nSPS) is 11.3. The summed E-state index contributed by atoms with van der Waals surface area (Å²) in [5.41, 5.74) is 14.4. The van der Waals surface area contributed by atoms with E-state index >= 15 is 0 Å². The number of anilines is 3. The summed E-state index contributed by atoms with van der Waals surface area (Å²) in [6.07, 6.45) is 0. The molecule has 10 rings (SSSR count). The molecule has 2 nitrogen and oxygen atoms in total. The van der Waals surface area contributed by atoms with Crippen LogP contribution in [-0.4, -0.2) is 0 Å². The highest BCUT2D eigenvalue weighted by Crippen LogP contribution is 2.47. The number of hydrogen-bond acceptors (Lipinski definition) is 2. The van der Waals surface area contributed by atoms with E-state index in [1.54, 1.807) is 0 Å². The molecule has 9 aromatic carbocycles. The fourth-order valence-corrected chi connectivity index (χ4v) is 7.90. The summed E-state index contributed by atoms with van der Waals surface area (Å²) in [5.74, 6) is 0. The smallest absolute Gasteiger partial charge is 0.143 e. The molecule has 1 heterocycles. The molecule has 0 aliphatic heterocycles. The van der Waals surface area contributed by atoms with Crippen LogP contribution in [0.3, 0.4) is 0 Å². The van der Waals surface area contributed by atoms with Gasteiger partial charge in [0.2, 0.25) is 0 Å². The lowest BCUT2D eigenvalue weighted by atomic mass is 9.95. The van der Waals surface area contributed by atoms with E-state index in [9.17, 15) is 0 Å². The maximum Gasteiger partial charge on any atom is 0.143 e. The van der Waals surface area contributed by atoms with Crippen LogP contribution >= 0.6 is 0 Å². The van der Waals surface area contributed by atoms with Crippen molar-refractivity contribution in [3.05, 3.63) is 212 Å². The Hall–Kier alpha value is -7.16. The summed E-state index contributed by atoms with van der Waals surface area (Å²) in [5, 5.41) is 4.54. The first kappa shape index (κ1) is 31.6. The molecule has 1 aromatic heterocycles. The minimum atomic E-state index is 0.882. The highest BCUT2D eigenvalue weighted by molar-refractivity contribution is 6.19. The van der Waals surface area contributed by atoms with Crippen LogP contribution in [0.1, 0.15) is 0 Å². The summed E-state index contributed by atoms with van der Waals surface area (Å²) in [6.45, 7) is 0. The van der Waals surface area contributed by atoms with Crippen molar-refractivity contribution in [2.24, 2.45) is 0 Å². The van der Waals surface area contributed by atoms with Crippen LogP contribution in [0.5, 0.6) is 0 Å². The Kier molecular flexibility index (Phi) is 7.85. The van der Waals surface area contributed by atoms with E-state index in [0.717, 1.165) is 61.1 Å². The summed E-state index contributed by atoms with van der Waals surface area (Å²) in [4.78, 5) is 2.41. The Bertz CT molecular complexity index is 2910. The minimum absolute atomic E-state index is 0.882. The van der Waals surface area contributed by atoms with Gasteiger partial charge >= 0.3 is 0 Å². The summed E-state index contributed by atoms with van der Waals surface area (Å²) in [7, 11) is 0. The van der Waals surface area contributed by atoms with Crippen molar-refractivity contribution >= 4 is 49.8 Å². The zero-order chi connectivity index (χ0) is 35.8. The van der Waals surface area contributed by atoms with E-state index in [1.165, 1.54) is 33.2 Å². The van der Waals surface area contributed by atoms with Crippen LogP contribution in [0.2, 0.25) is 0 Å². The largest absolute Gasteiger partial charge is 0.455 e. The predicted octanol–water partition coefficient (Wildman–Crippen LogP) is 14.9. The molecule has 0 aliphatic carbocycles. The molecule has 2 heteroatoms. The molecule has 0 atom stereocenters. The molecule has 0 aliphatic rings. The van der Waals surface area contributed by atoms with E-state index < -0.39 is 0 Å². The highest BCUT2D eigenvalue weighted by Gasteiger charge is 2.23. The second-order valence-corrected chi connectivity index (χ2v) is 13.7. The Morgan fingerprint density at radius 3 is 1.54 bits per heavy atom. The Balaban J connectivity index is 1.15. The Morgan fingerprint density at radius 1 is 0.315 bits per heavy atom. The molecule has 0 unspecified atom stereocenters. The third-order valence-electron chi connectivity index (χ3n) is 10.5. The average molecular weight is 690 g/mol. The molecule has 54 heavy (non-hydrogen) atoms. The van der Waals surface area contributed by atoms with Gasteiger partial charge in [-0.1, -0.05) is 176 Å². The molecule has 0 saturated heterocycles. The number of para-hydroxylation sites is 2. The monoisotopic (exact) mass is 689 g/mol. The molecule has 0 bridgehead atoms. The third-order valence-corrected chi connectivity index (χ3v) is 10.5. The zero-order valence-corrected chi connectivity index (χ0v) is 29.6. The first-order valence-corrected chi connectivity index (χ1v) is 18.4. The quantitative estimate of drug-likeness (QED) is 0.166. The van der Waals surface area contributed by atoms with Crippen molar-refractivity contribution in [2.45, 2.75) is 0 Å². The van der Waals surface area contributed by atoms with Gasteiger partial charge in [0.25, 0.3) is 0 Å². The van der Waals surface area contributed by atoms with E-state index in [0.29, 0.717) is 0 Å². The molecule has 0 N–H and O–H groups in total. The van der Waals surface area contributed by atoms with Gasteiger partial charge in [-0.3, -0.25) is 0 Å². The van der Waals surface area contributed by atoms with Gasteiger partial charge in [0, 0.05) is 33.0 Å². The zero-order valence-electron chi connectivity index (χ0n) is 29.6. The summed E-state index contributed by atoms with van der Waals surface area (Å²) in [6, 6.07) is 75.8. The number of benzene rings is 9. The molecule has 254 valence electrons. The molecular formula is C52H35NO. The average Bonchev–Trinajstić information content (AvgIpc) is 3.65. The fourth-order valence-electron chi connectivity index (χ4n) is 7.90. The van der Waals surface area contributed by atoms with Crippen LogP contribution in [-0.2, 0) is 0 Å². The number of hydrogen-bond donors (Lipinski definition) is 0. The van der Waals surface area contributed by atoms with Crippen molar-refractivity contribution < 1.29 is 4.42 Å². The Morgan fingerprint density at radius 2 is 0.833 bits per heavy atom. The second kappa shape index (κ2) is 13.4. The minimum Gasteiger partial charge on any atom is -0.455 e. The molecule has 0 amide bonds. The SMILES string of the molecule is c1ccc(-c2ccc(-c3ccc(N(c4ccccc4-c4ccccc4)c4ccccc4-c4cccc5oc6c7ccccc7ccc6c45)cc3)cc2)cc1. The number of rotatable bonds is 7. The van der Waals surface area contributed by atoms with E-state index in [-0.39, 0.29) is 0 Å². The van der Waals surface area contributed by atoms with Gasteiger partial charge in [0.05, 0.1) is 11.4 Å². The molecule has 0 fully saturated rings. The van der Waals surface area contributed by atoms with Gasteiger partial charge in [-0.2, -0.15) is 0 Å². The third kappa shape index (κ3) is 5.53. The Labute approximate surface area is 314 Å². The molecule has 10 aromatic rings. The van der Waals surface area contributed by atoms with Crippen LogP contribution < -0.4 is 4.90 Å². The van der Waals surface area contributed by atoms with Gasteiger partial charge < -0.3 is 9.32 Å².